The van der Waals surface area contributed by atoms with Gasteiger partial charge in [0.25, 0.3) is 0 Å². The number of hydrogen-bond donors (Lipinski definition) is 2. The minimum atomic E-state index is -0.876. The third-order valence-electron chi connectivity index (χ3n) is 4.38. The van der Waals surface area contributed by atoms with Crippen LogP contribution >= 0.6 is 0 Å². The van der Waals surface area contributed by atoms with Crippen LogP contribution < -0.4 is 10.6 Å². The molecule has 20 heavy (non-hydrogen) atoms. The lowest BCUT2D eigenvalue weighted by Gasteiger charge is -2.47. The molecule has 1 rings (SSSR count). The van der Waals surface area contributed by atoms with E-state index in [0.717, 1.165) is 12.8 Å². The van der Waals surface area contributed by atoms with E-state index < -0.39 is 5.41 Å². The van der Waals surface area contributed by atoms with Gasteiger partial charge in [-0.05, 0) is 53.4 Å². The molecule has 0 aromatic heterocycles. The predicted octanol–water partition coefficient (Wildman–Crippen LogP) is 2.74. The van der Waals surface area contributed by atoms with Gasteiger partial charge in [0.05, 0.1) is 6.07 Å². The second-order valence-corrected chi connectivity index (χ2v) is 7.37. The van der Waals surface area contributed by atoms with Crippen LogP contribution in [0.1, 0.15) is 67.2 Å². The third-order valence-corrected chi connectivity index (χ3v) is 4.38. The molecule has 1 heterocycles. The van der Waals surface area contributed by atoms with Gasteiger partial charge in [0, 0.05) is 17.1 Å². The number of carbonyl (C=O) groups is 1. The highest BCUT2D eigenvalue weighted by Gasteiger charge is 2.41. The Labute approximate surface area is 123 Å². The zero-order valence-corrected chi connectivity index (χ0v) is 13.8. The van der Waals surface area contributed by atoms with E-state index in [1.165, 1.54) is 0 Å². The van der Waals surface area contributed by atoms with E-state index in [1.54, 1.807) is 0 Å². The average molecular weight is 279 g/mol. The van der Waals surface area contributed by atoms with E-state index >= 15 is 0 Å². The third kappa shape index (κ3) is 3.73. The summed E-state index contributed by atoms with van der Waals surface area (Å²) in [6.07, 6.45) is 2.89. The van der Waals surface area contributed by atoms with Crippen LogP contribution in [0.15, 0.2) is 0 Å². The fraction of sp³-hybridized carbons (Fsp3) is 0.875. The van der Waals surface area contributed by atoms with Crippen molar-refractivity contribution in [3.05, 3.63) is 0 Å². The van der Waals surface area contributed by atoms with Crippen LogP contribution in [0.3, 0.4) is 0 Å². The number of nitriles is 1. The van der Waals surface area contributed by atoms with Crippen molar-refractivity contribution >= 4 is 5.91 Å². The largest absolute Gasteiger partial charge is 0.352 e. The lowest BCUT2D eigenvalue weighted by atomic mass is 9.78. The maximum Gasteiger partial charge on any atom is 0.240 e. The summed E-state index contributed by atoms with van der Waals surface area (Å²) in [5.41, 5.74) is -0.889. The molecule has 0 bridgehead atoms. The normalized spacial score (nSPS) is 22.1. The Kier molecular flexibility index (Phi) is 4.86. The zero-order valence-electron chi connectivity index (χ0n) is 13.8. The Morgan fingerprint density at radius 3 is 2.05 bits per heavy atom. The van der Waals surface area contributed by atoms with Gasteiger partial charge in [-0.3, -0.25) is 4.79 Å². The summed E-state index contributed by atoms with van der Waals surface area (Å²) in [5.74, 6) is -0.108. The molecule has 0 aromatic carbocycles. The van der Waals surface area contributed by atoms with Crippen LogP contribution in [0, 0.1) is 16.7 Å². The van der Waals surface area contributed by atoms with Gasteiger partial charge in [0.2, 0.25) is 5.91 Å². The maximum atomic E-state index is 12.5. The van der Waals surface area contributed by atoms with Gasteiger partial charge in [0.1, 0.15) is 5.41 Å². The molecule has 4 heteroatoms. The highest BCUT2D eigenvalue weighted by atomic mass is 16.2. The second-order valence-electron chi connectivity index (χ2n) is 7.37. The molecule has 1 aliphatic heterocycles. The first-order valence-electron chi connectivity index (χ1n) is 7.61. The molecule has 1 aliphatic rings. The fourth-order valence-electron chi connectivity index (χ4n) is 3.53. The topological polar surface area (TPSA) is 64.9 Å². The molecule has 2 N–H and O–H groups in total. The molecule has 0 spiro atoms. The van der Waals surface area contributed by atoms with E-state index in [1.807, 2.05) is 13.8 Å². The summed E-state index contributed by atoms with van der Waals surface area (Å²) in [5, 5.41) is 16.1. The number of amides is 1. The van der Waals surface area contributed by atoms with Gasteiger partial charge in [0.15, 0.2) is 0 Å². The Morgan fingerprint density at radius 1 is 1.25 bits per heavy atom. The zero-order chi connectivity index (χ0) is 15.6. The summed E-state index contributed by atoms with van der Waals surface area (Å²) in [6, 6.07) is 2.34. The SMILES string of the molecule is CCC(C#N)(CC)C(=O)NC1CC(C)(C)NC(C)(C)C1. The number of rotatable bonds is 4. The highest BCUT2D eigenvalue weighted by molar-refractivity contribution is 5.85. The van der Waals surface area contributed by atoms with Crippen molar-refractivity contribution in [3.63, 3.8) is 0 Å². The van der Waals surface area contributed by atoms with E-state index in [9.17, 15) is 10.1 Å². The molecular weight excluding hydrogens is 250 g/mol. The average Bonchev–Trinajstić information content (AvgIpc) is 2.27. The molecule has 4 nitrogen and oxygen atoms in total. The smallest absolute Gasteiger partial charge is 0.240 e. The van der Waals surface area contributed by atoms with E-state index in [0.29, 0.717) is 12.8 Å². The lowest BCUT2D eigenvalue weighted by Crippen LogP contribution is -2.63. The molecule has 1 saturated heterocycles. The quantitative estimate of drug-likeness (QED) is 0.831. The molecule has 0 atom stereocenters. The maximum absolute atomic E-state index is 12.5. The van der Waals surface area contributed by atoms with Gasteiger partial charge < -0.3 is 10.6 Å². The number of carbonyl (C=O) groups excluding carboxylic acids is 1. The summed E-state index contributed by atoms with van der Waals surface area (Å²) < 4.78 is 0. The molecule has 1 amide bonds. The van der Waals surface area contributed by atoms with Gasteiger partial charge in [-0.25, -0.2) is 0 Å². The Morgan fingerprint density at radius 2 is 1.70 bits per heavy atom. The summed E-state index contributed by atoms with van der Waals surface area (Å²) in [4.78, 5) is 12.5. The first-order chi connectivity index (χ1) is 9.10. The van der Waals surface area contributed by atoms with Crippen molar-refractivity contribution in [2.24, 2.45) is 5.41 Å². The highest BCUT2D eigenvalue weighted by Crippen LogP contribution is 2.31. The van der Waals surface area contributed by atoms with Gasteiger partial charge in [-0.15, -0.1) is 0 Å². The standard InChI is InChI=1S/C16H29N3O/c1-7-16(8-2,11-17)13(20)18-12-9-14(3,4)19-15(5,6)10-12/h12,19H,7-10H2,1-6H3,(H,18,20). The molecule has 0 saturated carbocycles. The fourth-order valence-corrected chi connectivity index (χ4v) is 3.53. The molecule has 0 radical (unpaired) electrons. The molecule has 1 fully saturated rings. The van der Waals surface area contributed by atoms with Gasteiger partial charge in [-0.2, -0.15) is 5.26 Å². The number of nitrogens with one attached hydrogen (secondary N) is 2. The minimum absolute atomic E-state index is 0.00652. The molecule has 114 valence electrons. The van der Waals surface area contributed by atoms with Gasteiger partial charge >= 0.3 is 0 Å². The van der Waals surface area contributed by atoms with Crippen molar-refractivity contribution in [1.82, 2.24) is 10.6 Å². The molecular formula is C16H29N3O. The summed E-state index contributed by atoms with van der Waals surface area (Å²) in [6.45, 7) is 12.4. The monoisotopic (exact) mass is 279 g/mol. The Balaban J connectivity index is 2.83. The van der Waals surface area contributed by atoms with Crippen molar-refractivity contribution in [1.29, 1.82) is 5.26 Å². The number of hydrogen-bond acceptors (Lipinski definition) is 3. The van der Waals surface area contributed by atoms with Crippen LogP contribution in [0.2, 0.25) is 0 Å². The van der Waals surface area contributed by atoms with E-state index in [-0.39, 0.29) is 23.0 Å². The van der Waals surface area contributed by atoms with Crippen molar-refractivity contribution in [3.8, 4) is 6.07 Å². The number of nitrogens with zero attached hydrogens (tertiary/aromatic N) is 1. The second kappa shape index (κ2) is 5.73. The number of piperidine rings is 1. The summed E-state index contributed by atoms with van der Waals surface area (Å²) >= 11 is 0. The first kappa shape index (κ1) is 17.0. The minimum Gasteiger partial charge on any atom is -0.352 e. The van der Waals surface area contributed by atoms with Crippen LogP contribution in [0.25, 0.3) is 0 Å². The van der Waals surface area contributed by atoms with Crippen LogP contribution in [-0.2, 0) is 4.79 Å². The van der Waals surface area contributed by atoms with E-state index in [4.69, 9.17) is 0 Å². The first-order valence-corrected chi connectivity index (χ1v) is 7.61. The predicted molar refractivity (Wildman–Crippen MR) is 81.1 cm³/mol. The summed E-state index contributed by atoms with van der Waals surface area (Å²) in [7, 11) is 0. The molecule has 0 aliphatic carbocycles. The van der Waals surface area contributed by atoms with Crippen molar-refractivity contribution in [2.75, 3.05) is 0 Å². The van der Waals surface area contributed by atoms with Crippen molar-refractivity contribution in [2.45, 2.75) is 84.3 Å². The van der Waals surface area contributed by atoms with Crippen LogP contribution in [0.5, 0.6) is 0 Å². The lowest BCUT2D eigenvalue weighted by molar-refractivity contribution is -0.129. The molecule has 0 unspecified atom stereocenters. The van der Waals surface area contributed by atoms with Crippen LogP contribution in [0.4, 0.5) is 0 Å². The Hall–Kier alpha value is -1.08. The molecule has 0 aromatic rings. The van der Waals surface area contributed by atoms with Crippen LogP contribution in [-0.4, -0.2) is 23.0 Å². The van der Waals surface area contributed by atoms with Crippen molar-refractivity contribution < 1.29 is 4.79 Å². The van der Waals surface area contributed by atoms with E-state index in [2.05, 4.69) is 44.4 Å². The van der Waals surface area contributed by atoms with Gasteiger partial charge in [-0.1, -0.05) is 13.8 Å². The Bertz CT molecular complexity index is 386.